The number of ether oxygens (including phenoxy) is 1. The number of piperidine rings is 1. The summed E-state index contributed by atoms with van der Waals surface area (Å²) in [5.74, 6) is -0.297. The number of aromatic amines is 1. The predicted octanol–water partition coefficient (Wildman–Crippen LogP) is 2.77. The van der Waals surface area contributed by atoms with Gasteiger partial charge in [0.05, 0.1) is 12.7 Å². The molecule has 1 saturated heterocycles. The molecule has 2 N–H and O–H groups in total. The minimum absolute atomic E-state index is 0.297. The van der Waals surface area contributed by atoms with Crippen LogP contribution in [0.1, 0.15) is 41.2 Å². The molecule has 0 amide bonds. The number of methoxy groups -OCH3 is 1. The summed E-state index contributed by atoms with van der Waals surface area (Å²) in [5.41, 5.74) is 2.87. The molecule has 4 heteroatoms. The van der Waals surface area contributed by atoms with Crippen molar-refractivity contribution in [3.8, 4) is 0 Å². The lowest BCUT2D eigenvalue weighted by Crippen LogP contribution is -2.26. The van der Waals surface area contributed by atoms with Crippen LogP contribution in [-0.2, 0) is 4.74 Å². The molecule has 4 nitrogen and oxygen atoms in total. The summed E-state index contributed by atoms with van der Waals surface area (Å²) < 4.78 is 4.74. The van der Waals surface area contributed by atoms with E-state index in [0.29, 0.717) is 11.6 Å². The monoisotopic (exact) mass is 258 g/mol. The van der Waals surface area contributed by atoms with E-state index in [4.69, 9.17) is 4.74 Å². The fourth-order valence-corrected chi connectivity index (χ4v) is 2.80. The van der Waals surface area contributed by atoms with Gasteiger partial charge in [0.1, 0.15) is 0 Å². The molecule has 2 heterocycles. The quantitative estimate of drug-likeness (QED) is 0.814. The molecule has 2 aromatic rings. The van der Waals surface area contributed by atoms with Crippen molar-refractivity contribution in [2.45, 2.75) is 25.3 Å². The highest BCUT2D eigenvalue weighted by atomic mass is 16.5. The molecular weight excluding hydrogens is 240 g/mol. The molecule has 1 aromatic heterocycles. The standard InChI is InChI=1S/C15H18N2O2/c1-19-15(18)10-5-6-11-12(9-17-14(11)8-10)13-4-2-3-7-16-13/h5-6,8-9,13,16-17H,2-4,7H2,1H3/t13-/m1/s1. The summed E-state index contributed by atoms with van der Waals surface area (Å²) in [6, 6.07) is 6.11. The number of aromatic nitrogens is 1. The summed E-state index contributed by atoms with van der Waals surface area (Å²) in [5, 5.41) is 4.74. The second-order valence-electron chi connectivity index (χ2n) is 5.00. The van der Waals surface area contributed by atoms with E-state index < -0.39 is 0 Å². The van der Waals surface area contributed by atoms with Gasteiger partial charge in [-0.2, -0.15) is 0 Å². The Balaban J connectivity index is 1.97. The zero-order valence-corrected chi connectivity index (χ0v) is 11.0. The summed E-state index contributed by atoms with van der Waals surface area (Å²) in [6.45, 7) is 1.08. The van der Waals surface area contributed by atoms with Gasteiger partial charge in [-0.05, 0) is 37.1 Å². The van der Waals surface area contributed by atoms with Crippen LogP contribution < -0.4 is 5.32 Å². The molecule has 100 valence electrons. The number of hydrogen-bond acceptors (Lipinski definition) is 3. The first kappa shape index (κ1) is 12.2. The molecule has 1 aromatic carbocycles. The Morgan fingerprint density at radius 1 is 1.37 bits per heavy atom. The van der Waals surface area contributed by atoms with Gasteiger partial charge in [0.25, 0.3) is 0 Å². The van der Waals surface area contributed by atoms with E-state index in [1.807, 2.05) is 18.2 Å². The van der Waals surface area contributed by atoms with Crippen LogP contribution in [-0.4, -0.2) is 24.6 Å². The summed E-state index contributed by atoms with van der Waals surface area (Å²) >= 11 is 0. The average molecular weight is 258 g/mol. The van der Waals surface area contributed by atoms with Crippen molar-refractivity contribution in [2.75, 3.05) is 13.7 Å². The fraction of sp³-hybridized carbons (Fsp3) is 0.400. The van der Waals surface area contributed by atoms with Crippen LogP contribution in [0.25, 0.3) is 10.9 Å². The van der Waals surface area contributed by atoms with Crippen molar-refractivity contribution >= 4 is 16.9 Å². The molecule has 1 atom stereocenters. The Morgan fingerprint density at radius 3 is 3.00 bits per heavy atom. The third-order valence-electron chi connectivity index (χ3n) is 3.82. The van der Waals surface area contributed by atoms with Gasteiger partial charge in [-0.25, -0.2) is 4.79 Å². The van der Waals surface area contributed by atoms with E-state index in [0.717, 1.165) is 12.1 Å². The molecule has 1 fully saturated rings. The van der Waals surface area contributed by atoms with Gasteiger partial charge < -0.3 is 15.0 Å². The summed E-state index contributed by atoms with van der Waals surface area (Å²) in [4.78, 5) is 14.8. The first-order chi connectivity index (χ1) is 9.29. The second kappa shape index (κ2) is 5.05. The zero-order valence-electron chi connectivity index (χ0n) is 11.0. The van der Waals surface area contributed by atoms with Crippen LogP contribution in [0.4, 0.5) is 0 Å². The first-order valence-electron chi connectivity index (χ1n) is 6.72. The number of hydrogen-bond donors (Lipinski definition) is 2. The highest BCUT2D eigenvalue weighted by Crippen LogP contribution is 2.29. The van der Waals surface area contributed by atoms with Gasteiger partial charge in [0.2, 0.25) is 0 Å². The van der Waals surface area contributed by atoms with E-state index in [-0.39, 0.29) is 5.97 Å². The lowest BCUT2D eigenvalue weighted by atomic mass is 9.97. The minimum Gasteiger partial charge on any atom is -0.465 e. The van der Waals surface area contributed by atoms with E-state index in [1.54, 1.807) is 0 Å². The third kappa shape index (κ3) is 2.24. The van der Waals surface area contributed by atoms with Crippen molar-refractivity contribution in [1.29, 1.82) is 0 Å². The lowest BCUT2D eigenvalue weighted by Gasteiger charge is -2.23. The SMILES string of the molecule is COC(=O)c1ccc2c([C@H]3CCCCN3)c[nH]c2c1. The number of carbonyl (C=O) groups excluding carboxylic acids is 1. The lowest BCUT2D eigenvalue weighted by molar-refractivity contribution is 0.0601. The van der Waals surface area contributed by atoms with Crippen molar-refractivity contribution in [1.82, 2.24) is 10.3 Å². The number of nitrogens with one attached hydrogen (secondary N) is 2. The smallest absolute Gasteiger partial charge is 0.337 e. The van der Waals surface area contributed by atoms with E-state index in [2.05, 4.69) is 16.5 Å². The van der Waals surface area contributed by atoms with Gasteiger partial charge in [-0.3, -0.25) is 0 Å². The summed E-state index contributed by atoms with van der Waals surface area (Å²) in [7, 11) is 1.40. The average Bonchev–Trinajstić information content (AvgIpc) is 2.90. The minimum atomic E-state index is -0.297. The molecule has 1 aliphatic rings. The van der Waals surface area contributed by atoms with Crippen LogP contribution >= 0.6 is 0 Å². The number of H-pyrrole nitrogens is 1. The molecular formula is C15H18N2O2. The third-order valence-corrected chi connectivity index (χ3v) is 3.82. The van der Waals surface area contributed by atoms with Crippen molar-refractivity contribution in [3.05, 3.63) is 35.5 Å². The van der Waals surface area contributed by atoms with Crippen LogP contribution in [0.3, 0.4) is 0 Å². The Bertz CT molecular complexity index is 597. The van der Waals surface area contributed by atoms with Crippen molar-refractivity contribution in [2.24, 2.45) is 0 Å². The molecule has 0 radical (unpaired) electrons. The zero-order chi connectivity index (χ0) is 13.2. The van der Waals surface area contributed by atoms with E-state index in [9.17, 15) is 4.79 Å². The van der Waals surface area contributed by atoms with Crippen molar-refractivity contribution < 1.29 is 9.53 Å². The number of benzene rings is 1. The van der Waals surface area contributed by atoms with Crippen LogP contribution in [0.5, 0.6) is 0 Å². The van der Waals surface area contributed by atoms with E-state index >= 15 is 0 Å². The Morgan fingerprint density at radius 2 is 2.26 bits per heavy atom. The van der Waals surface area contributed by atoms with Gasteiger partial charge >= 0.3 is 5.97 Å². The molecule has 1 aliphatic heterocycles. The topological polar surface area (TPSA) is 54.1 Å². The molecule has 0 unspecified atom stereocenters. The molecule has 0 saturated carbocycles. The Kier molecular flexibility index (Phi) is 3.25. The molecule has 0 bridgehead atoms. The fourth-order valence-electron chi connectivity index (χ4n) is 2.80. The largest absolute Gasteiger partial charge is 0.465 e. The van der Waals surface area contributed by atoms with Crippen molar-refractivity contribution in [3.63, 3.8) is 0 Å². The Hall–Kier alpha value is -1.81. The maximum absolute atomic E-state index is 11.5. The van der Waals surface area contributed by atoms with E-state index in [1.165, 1.54) is 37.3 Å². The summed E-state index contributed by atoms with van der Waals surface area (Å²) in [6.07, 6.45) is 5.75. The molecule has 19 heavy (non-hydrogen) atoms. The van der Waals surface area contributed by atoms with Gasteiger partial charge in [0.15, 0.2) is 0 Å². The van der Waals surface area contributed by atoms with Crippen LogP contribution in [0.2, 0.25) is 0 Å². The normalized spacial score (nSPS) is 19.5. The number of rotatable bonds is 2. The number of esters is 1. The van der Waals surface area contributed by atoms with Crippen LogP contribution in [0.15, 0.2) is 24.4 Å². The van der Waals surface area contributed by atoms with Gasteiger partial charge in [-0.15, -0.1) is 0 Å². The maximum atomic E-state index is 11.5. The second-order valence-corrected chi connectivity index (χ2v) is 5.00. The maximum Gasteiger partial charge on any atom is 0.337 e. The molecule has 0 spiro atoms. The highest BCUT2D eigenvalue weighted by Gasteiger charge is 2.18. The highest BCUT2D eigenvalue weighted by molar-refractivity contribution is 5.95. The first-order valence-corrected chi connectivity index (χ1v) is 6.72. The van der Waals surface area contributed by atoms with Crippen LogP contribution in [0, 0.1) is 0 Å². The molecule has 0 aliphatic carbocycles. The molecule has 3 rings (SSSR count). The van der Waals surface area contributed by atoms with Gasteiger partial charge in [-0.1, -0.05) is 12.5 Å². The predicted molar refractivity (Wildman–Crippen MR) is 74.2 cm³/mol. The number of carbonyl (C=O) groups is 1. The number of fused-ring (bicyclic) bond motifs is 1. The Labute approximate surface area is 112 Å². The van der Waals surface area contributed by atoms with Gasteiger partial charge in [0, 0.05) is 23.1 Å².